The molecule has 1 saturated carbocycles. The van der Waals surface area contributed by atoms with Crippen molar-refractivity contribution in [3.8, 4) is 17.2 Å². The second-order valence-electron chi connectivity index (χ2n) is 13.8. The SMILES string of the molecule is COc1cccc(CCN(C(=O)COC2CC(C)CCC2C(C)C)C2C=C(C(=O)NCCO)C3c4cc(C=O)cc(OC)c4OC3C2O)c1. The van der Waals surface area contributed by atoms with Crippen molar-refractivity contribution in [1.29, 1.82) is 0 Å². The summed E-state index contributed by atoms with van der Waals surface area (Å²) in [6, 6.07) is 9.80. The number of nitrogens with zero attached hydrogens (tertiary/aromatic N) is 1. The van der Waals surface area contributed by atoms with Crippen LogP contribution in [0.5, 0.6) is 17.2 Å². The van der Waals surface area contributed by atoms with Gasteiger partial charge < -0.3 is 39.4 Å². The molecule has 1 heterocycles. The van der Waals surface area contributed by atoms with Gasteiger partial charge in [-0.15, -0.1) is 0 Å². The normalized spacial score (nSPS) is 25.8. The first-order chi connectivity index (χ1) is 23.6. The predicted molar refractivity (Wildman–Crippen MR) is 183 cm³/mol. The van der Waals surface area contributed by atoms with Gasteiger partial charge in [-0.05, 0) is 72.9 Å². The third-order valence-corrected chi connectivity index (χ3v) is 10.2. The molecule has 266 valence electrons. The highest BCUT2D eigenvalue weighted by Gasteiger charge is 2.51. The third kappa shape index (κ3) is 7.95. The number of methoxy groups -OCH3 is 2. The molecule has 7 atom stereocenters. The first-order valence-electron chi connectivity index (χ1n) is 17.3. The van der Waals surface area contributed by atoms with Gasteiger partial charge in [-0.3, -0.25) is 14.4 Å². The molecule has 0 aromatic heterocycles. The Labute approximate surface area is 288 Å². The van der Waals surface area contributed by atoms with Crippen molar-refractivity contribution in [2.24, 2.45) is 17.8 Å². The number of fused-ring (bicyclic) bond motifs is 3. The highest BCUT2D eigenvalue weighted by atomic mass is 16.5. The van der Waals surface area contributed by atoms with E-state index in [0.29, 0.717) is 58.8 Å². The number of amides is 2. The highest BCUT2D eigenvalue weighted by molar-refractivity contribution is 5.96. The zero-order valence-electron chi connectivity index (χ0n) is 29.1. The lowest BCUT2D eigenvalue weighted by Crippen LogP contribution is -2.57. The number of hydrogen-bond donors (Lipinski definition) is 3. The number of nitrogens with one attached hydrogen (secondary N) is 1. The number of aldehydes is 1. The number of aliphatic hydroxyl groups is 2. The summed E-state index contributed by atoms with van der Waals surface area (Å²) in [5.74, 6) is 1.03. The molecular weight excluding hydrogens is 628 g/mol. The van der Waals surface area contributed by atoms with E-state index in [0.717, 1.165) is 24.8 Å². The minimum atomic E-state index is -1.25. The summed E-state index contributed by atoms with van der Waals surface area (Å²) in [4.78, 5) is 41.4. The van der Waals surface area contributed by atoms with Gasteiger partial charge in [0.2, 0.25) is 11.8 Å². The molecule has 0 saturated heterocycles. The van der Waals surface area contributed by atoms with Crippen LogP contribution in [0.3, 0.4) is 0 Å². The Hall–Kier alpha value is -3.93. The number of ether oxygens (including phenoxy) is 4. The van der Waals surface area contributed by atoms with Crippen LogP contribution in [0.4, 0.5) is 0 Å². The molecule has 49 heavy (non-hydrogen) atoms. The molecule has 11 heteroatoms. The second kappa shape index (κ2) is 16.2. The molecule has 1 aliphatic heterocycles. The molecule has 2 aromatic rings. The Kier molecular flexibility index (Phi) is 12.0. The molecule has 7 unspecified atom stereocenters. The van der Waals surface area contributed by atoms with Gasteiger partial charge in [0.1, 0.15) is 30.9 Å². The van der Waals surface area contributed by atoms with Crippen LogP contribution in [0.1, 0.15) is 67.4 Å². The first kappa shape index (κ1) is 36.4. The van der Waals surface area contributed by atoms with E-state index in [1.807, 2.05) is 24.3 Å². The van der Waals surface area contributed by atoms with Crippen molar-refractivity contribution in [3.05, 3.63) is 64.7 Å². The fourth-order valence-electron chi connectivity index (χ4n) is 7.64. The molecule has 0 bridgehead atoms. The summed E-state index contributed by atoms with van der Waals surface area (Å²) in [6.07, 6.45) is 3.54. The third-order valence-electron chi connectivity index (χ3n) is 10.2. The van der Waals surface area contributed by atoms with Gasteiger partial charge >= 0.3 is 0 Å². The molecule has 3 aliphatic rings. The van der Waals surface area contributed by atoms with Crippen LogP contribution >= 0.6 is 0 Å². The van der Waals surface area contributed by atoms with Crippen molar-refractivity contribution >= 4 is 18.1 Å². The first-order valence-corrected chi connectivity index (χ1v) is 17.3. The van der Waals surface area contributed by atoms with Gasteiger partial charge in [0.25, 0.3) is 0 Å². The highest BCUT2D eigenvalue weighted by Crippen LogP contribution is 2.51. The molecule has 5 rings (SSSR count). The molecule has 2 aliphatic carbocycles. The fraction of sp³-hybridized carbons (Fsp3) is 0.553. The number of aliphatic hydroxyl groups excluding tert-OH is 2. The van der Waals surface area contributed by atoms with Gasteiger partial charge in [0.15, 0.2) is 11.5 Å². The summed E-state index contributed by atoms with van der Waals surface area (Å²) < 4.78 is 23.7. The van der Waals surface area contributed by atoms with Crippen LogP contribution < -0.4 is 19.5 Å². The van der Waals surface area contributed by atoms with E-state index in [4.69, 9.17) is 18.9 Å². The van der Waals surface area contributed by atoms with Crippen LogP contribution in [-0.4, -0.2) is 98.1 Å². The van der Waals surface area contributed by atoms with E-state index in [1.165, 1.54) is 7.11 Å². The van der Waals surface area contributed by atoms with Gasteiger partial charge in [-0.25, -0.2) is 0 Å². The van der Waals surface area contributed by atoms with Crippen molar-refractivity contribution < 1.29 is 43.5 Å². The molecule has 3 N–H and O–H groups in total. The molecule has 0 spiro atoms. The quantitative estimate of drug-likeness (QED) is 0.255. The maximum atomic E-state index is 14.3. The fourth-order valence-corrected chi connectivity index (χ4v) is 7.64. The minimum Gasteiger partial charge on any atom is -0.497 e. The van der Waals surface area contributed by atoms with Crippen LogP contribution in [-0.2, 0) is 20.7 Å². The zero-order chi connectivity index (χ0) is 35.2. The number of carbonyl (C=O) groups is 3. The van der Waals surface area contributed by atoms with E-state index < -0.39 is 30.1 Å². The smallest absolute Gasteiger partial charge is 0.249 e. The number of rotatable bonds is 14. The Balaban J connectivity index is 1.51. The van der Waals surface area contributed by atoms with Crippen molar-refractivity contribution in [3.63, 3.8) is 0 Å². The predicted octanol–water partition coefficient (Wildman–Crippen LogP) is 3.69. The van der Waals surface area contributed by atoms with Crippen LogP contribution in [0, 0.1) is 17.8 Å². The van der Waals surface area contributed by atoms with E-state index in [1.54, 1.807) is 30.2 Å². The molecule has 0 radical (unpaired) electrons. The van der Waals surface area contributed by atoms with E-state index >= 15 is 0 Å². The number of hydrogen-bond acceptors (Lipinski definition) is 9. The van der Waals surface area contributed by atoms with Crippen LogP contribution in [0.15, 0.2) is 48.0 Å². The number of carbonyl (C=O) groups excluding carboxylic acids is 3. The molecule has 1 fully saturated rings. The average molecular weight is 679 g/mol. The van der Waals surface area contributed by atoms with E-state index in [2.05, 4.69) is 26.1 Å². The van der Waals surface area contributed by atoms with Crippen molar-refractivity contribution in [2.45, 2.75) is 76.7 Å². The molecular formula is C38H50N2O9. The summed E-state index contributed by atoms with van der Waals surface area (Å²) in [5.41, 5.74) is 2.05. The van der Waals surface area contributed by atoms with Crippen LogP contribution in [0.2, 0.25) is 0 Å². The average Bonchev–Trinajstić information content (AvgIpc) is 3.50. The lowest BCUT2D eigenvalue weighted by molar-refractivity contribution is -0.147. The maximum absolute atomic E-state index is 14.3. The standard InChI is InChI=1S/C38H50N2O9/c1-22(2)27-10-9-23(3)15-31(27)48-21-33(43)40(13-11-24-7-6-8-26(16-24)46-4)30-19-29(38(45)39-12-14-41)34-28-17-25(20-42)18-32(47-5)36(28)49-37(34)35(30)44/h6-8,16-20,22-23,27,30-31,34-35,37,41,44H,9-15,21H2,1-5H3,(H,39,45). The van der Waals surface area contributed by atoms with Gasteiger partial charge in [0, 0.05) is 29.8 Å². The van der Waals surface area contributed by atoms with Crippen molar-refractivity contribution in [2.75, 3.05) is 40.5 Å². The maximum Gasteiger partial charge on any atom is 0.249 e. The van der Waals surface area contributed by atoms with Crippen molar-refractivity contribution in [1.82, 2.24) is 10.2 Å². The lowest BCUT2D eigenvalue weighted by atomic mass is 9.75. The minimum absolute atomic E-state index is 0.00927. The van der Waals surface area contributed by atoms with Gasteiger partial charge in [0.05, 0.1) is 38.9 Å². The van der Waals surface area contributed by atoms with Crippen LogP contribution in [0.25, 0.3) is 0 Å². The lowest BCUT2D eigenvalue weighted by Gasteiger charge is -2.41. The Morgan fingerprint density at radius 2 is 1.94 bits per heavy atom. The van der Waals surface area contributed by atoms with E-state index in [-0.39, 0.29) is 43.9 Å². The summed E-state index contributed by atoms with van der Waals surface area (Å²) in [7, 11) is 3.05. The molecule has 2 amide bonds. The molecule has 2 aromatic carbocycles. The number of benzene rings is 2. The largest absolute Gasteiger partial charge is 0.497 e. The second-order valence-corrected chi connectivity index (χ2v) is 13.8. The van der Waals surface area contributed by atoms with Gasteiger partial charge in [-0.2, -0.15) is 0 Å². The Bertz CT molecular complexity index is 1520. The van der Waals surface area contributed by atoms with E-state index in [9.17, 15) is 24.6 Å². The Morgan fingerprint density at radius 3 is 2.63 bits per heavy atom. The monoisotopic (exact) mass is 678 g/mol. The molecule has 11 nitrogen and oxygen atoms in total. The van der Waals surface area contributed by atoms with Gasteiger partial charge in [-0.1, -0.05) is 39.3 Å². The summed E-state index contributed by atoms with van der Waals surface area (Å²) in [5, 5.41) is 24.2. The zero-order valence-corrected chi connectivity index (χ0v) is 29.1. The summed E-state index contributed by atoms with van der Waals surface area (Å²) in [6.45, 7) is 6.38. The summed E-state index contributed by atoms with van der Waals surface area (Å²) >= 11 is 0. The Morgan fingerprint density at radius 1 is 1.14 bits per heavy atom. The topological polar surface area (TPSA) is 144 Å².